The minimum Gasteiger partial charge on any atom is -0.452 e. The average Bonchev–Trinajstić information content (AvgIpc) is 3.05. The van der Waals surface area contributed by atoms with Crippen molar-refractivity contribution in [1.82, 2.24) is 10.1 Å². The fourth-order valence-electron chi connectivity index (χ4n) is 2.13. The van der Waals surface area contributed by atoms with Crippen molar-refractivity contribution in [1.29, 1.82) is 0 Å². The van der Waals surface area contributed by atoms with Crippen LogP contribution in [0.25, 0.3) is 11.4 Å². The maximum atomic E-state index is 13.2. The number of hydrogen-bond acceptors (Lipinski definition) is 5. The van der Waals surface area contributed by atoms with E-state index in [4.69, 9.17) is 20.9 Å². The number of nitrogens with zero attached hydrogens (tertiary/aromatic N) is 2. The van der Waals surface area contributed by atoms with Crippen molar-refractivity contribution >= 4 is 17.6 Å². The van der Waals surface area contributed by atoms with Crippen LogP contribution in [0, 0.1) is 18.6 Å². The lowest BCUT2D eigenvalue weighted by atomic mass is 10.1. The first-order valence-electron chi connectivity index (χ1n) is 7.16. The number of ether oxygens (including phenoxy) is 1. The zero-order valence-electron chi connectivity index (χ0n) is 12.9. The first-order chi connectivity index (χ1) is 12.0. The highest BCUT2D eigenvalue weighted by Crippen LogP contribution is 2.22. The van der Waals surface area contributed by atoms with E-state index in [1.165, 1.54) is 0 Å². The number of esters is 1. The maximum absolute atomic E-state index is 13.2. The predicted molar refractivity (Wildman–Crippen MR) is 85.0 cm³/mol. The van der Waals surface area contributed by atoms with Crippen molar-refractivity contribution in [3.63, 3.8) is 0 Å². The van der Waals surface area contributed by atoms with Crippen LogP contribution in [-0.2, 0) is 11.3 Å². The van der Waals surface area contributed by atoms with E-state index < -0.39 is 17.6 Å². The monoisotopic (exact) mass is 364 g/mol. The zero-order chi connectivity index (χ0) is 18.0. The van der Waals surface area contributed by atoms with E-state index in [9.17, 15) is 13.6 Å². The van der Waals surface area contributed by atoms with Gasteiger partial charge in [-0.05, 0) is 24.6 Å². The number of rotatable bonds is 4. The summed E-state index contributed by atoms with van der Waals surface area (Å²) in [6, 6.07) is 8.83. The third-order valence-electron chi connectivity index (χ3n) is 3.41. The Morgan fingerprint density at radius 2 is 1.96 bits per heavy atom. The molecule has 0 aliphatic carbocycles. The molecule has 0 saturated heterocycles. The van der Waals surface area contributed by atoms with Crippen molar-refractivity contribution in [2.45, 2.75) is 13.5 Å². The quantitative estimate of drug-likeness (QED) is 0.509. The molecule has 128 valence electrons. The molecule has 1 heterocycles. The van der Waals surface area contributed by atoms with Crippen LogP contribution in [-0.4, -0.2) is 16.1 Å². The number of benzene rings is 2. The van der Waals surface area contributed by atoms with Crippen LogP contribution >= 0.6 is 11.6 Å². The van der Waals surface area contributed by atoms with Crippen molar-refractivity contribution in [3.05, 3.63) is 70.1 Å². The van der Waals surface area contributed by atoms with E-state index in [1.54, 1.807) is 0 Å². The minimum atomic E-state index is -1.20. The average molecular weight is 365 g/mol. The Hall–Kier alpha value is -2.80. The third kappa shape index (κ3) is 3.66. The van der Waals surface area contributed by atoms with E-state index in [0.29, 0.717) is 18.0 Å². The van der Waals surface area contributed by atoms with Crippen molar-refractivity contribution in [2.75, 3.05) is 0 Å². The predicted octanol–water partition coefficient (Wildman–Crippen LogP) is 4.33. The van der Waals surface area contributed by atoms with Gasteiger partial charge < -0.3 is 9.26 Å². The van der Waals surface area contributed by atoms with E-state index >= 15 is 0 Å². The summed E-state index contributed by atoms with van der Waals surface area (Å²) in [6.07, 6.45) is 0. The Kier molecular flexibility index (Phi) is 4.76. The fraction of sp³-hybridized carbons (Fsp3) is 0.118. The molecular formula is C17H11ClF2N2O3. The number of aryl methyl sites for hydroxylation is 1. The second-order valence-corrected chi connectivity index (χ2v) is 5.56. The summed E-state index contributed by atoms with van der Waals surface area (Å²) in [4.78, 5) is 16.1. The van der Waals surface area contributed by atoms with Crippen LogP contribution in [0.1, 0.15) is 21.8 Å². The van der Waals surface area contributed by atoms with Gasteiger partial charge in [-0.15, -0.1) is 0 Å². The van der Waals surface area contributed by atoms with Crippen molar-refractivity contribution in [3.8, 4) is 11.4 Å². The summed E-state index contributed by atoms with van der Waals surface area (Å²) < 4.78 is 36.2. The SMILES string of the molecule is Cc1ccccc1-c1noc(COC(=O)c2cc(F)c(F)cc2Cl)n1. The number of aromatic nitrogens is 2. The molecule has 2 aromatic carbocycles. The number of hydrogen-bond donors (Lipinski definition) is 0. The molecule has 0 aliphatic rings. The van der Waals surface area contributed by atoms with Crippen LogP contribution in [0.4, 0.5) is 8.78 Å². The lowest BCUT2D eigenvalue weighted by Gasteiger charge is -2.04. The van der Waals surface area contributed by atoms with E-state index in [0.717, 1.165) is 11.1 Å². The zero-order valence-corrected chi connectivity index (χ0v) is 13.7. The first-order valence-corrected chi connectivity index (χ1v) is 7.53. The highest BCUT2D eigenvalue weighted by atomic mass is 35.5. The molecule has 3 aromatic rings. The molecule has 0 bridgehead atoms. The van der Waals surface area contributed by atoms with E-state index in [2.05, 4.69) is 10.1 Å². The molecule has 5 nitrogen and oxygen atoms in total. The minimum absolute atomic E-state index is 0.0605. The summed E-state index contributed by atoms with van der Waals surface area (Å²) in [5, 5.41) is 3.57. The Bertz CT molecular complexity index is 943. The normalized spacial score (nSPS) is 10.7. The molecule has 8 heteroatoms. The number of carbonyl (C=O) groups is 1. The molecule has 0 N–H and O–H groups in total. The largest absolute Gasteiger partial charge is 0.452 e. The highest BCUT2D eigenvalue weighted by molar-refractivity contribution is 6.33. The molecule has 0 fully saturated rings. The molecule has 0 amide bonds. The summed E-state index contributed by atoms with van der Waals surface area (Å²) in [5.41, 5.74) is 1.45. The number of carbonyl (C=O) groups excluding carboxylic acids is 1. The second kappa shape index (κ2) is 6.98. The standard InChI is InChI=1S/C17H11ClF2N2O3/c1-9-4-2-3-5-10(9)16-21-15(25-22-16)8-24-17(23)11-6-13(19)14(20)7-12(11)18/h2-7H,8H2,1H3. The molecule has 0 atom stereocenters. The van der Waals surface area contributed by atoms with Gasteiger partial charge in [-0.1, -0.05) is 41.0 Å². The molecule has 1 aromatic heterocycles. The first kappa shape index (κ1) is 17.0. The van der Waals surface area contributed by atoms with E-state index in [1.807, 2.05) is 31.2 Å². The van der Waals surface area contributed by atoms with Gasteiger partial charge in [0.1, 0.15) is 0 Å². The van der Waals surface area contributed by atoms with Gasteiger partial charge in [-0.2, -0.15) is 4.98 Å². The fourth-order valence-corrected chi connectivity index (χ4v) is 2.36. The lowest BCUT2D eigenvalue weighted by Crippen LogP contribution is -2.07. The van der Waals surface area contributed by atoms with Crippen LogP contribution < -0.4 is 0 Å². The van der Waals surface area contributed by atoms with Gasteiger partial charge in [0.2, 0.25) is 5.82 Å². The molecule has 0 radical (unpaired) electrons. The van der Waals surface area contributed by atoms with Crippen LogP contribution in [0.3, 0.4) is 0 Å². The summed E-state index contributed by atoms with van der Waals surface area (Å²) >= 11 is 5.72. The molecule has 3 rings (SSSR count). The Balaban J connectivity index is 1.72. The van der Waals surface area contributed by atoms with Crippen LogP contribution in [0.5, 0.6) is 0 Å². The second-order valence-electron chi connectivity index (χ2n) is 5.15. The molecule has 0 unspecified atom stereocenters. The van der Waals surface area contributed by atoms with Crippen LogP contribution in [0.2, 0.25) is 5.02 Å². The topological polar surface area (TPSA) is 65.2 Å². The Labute approximate surface area is 146 Å². The lowest BCUT2D eigenvalue weighted by molar-refractivity contribution is 0.0429. The third-order valence-corrected chi connectivity index (χ3v) is 3.72. The van der Waals surface area contributed by atoms with E-state index in [-0.39, 0.29) is 23.1 Å². The molecule has 0 saturated carbocycles. The molecule has 0 spiro atoms. The molecule has 25 heavy (non-hydrogen) atoms. The van der Waals surface area contributed by atoms with Gasteiger partial charge in [-0.3, -0.25) is 0 Å². The maximum Gasteiger partial charge on any atom is 0.340 e. The Morgan fingerprint density at radius 3 is 2.72 bits per heavy atom. The summed E-state index contributed by atoms with van der Waals surface area (Å²) in [7, 11) is 0. The number of halogens is 3. The van der Waals surface area contributed by atoms with Gasteiger partial charge >= 0.3 is 5.97 Å². The van der Waals surface area contributed by atoms with Gasteiger partial charge in [0.15, 0.2) is 18.2 Å². The van der Waals surface area contributed by atoms with Crippen molar-refractivity contribution in [2.24, 2.45) is 0 Å². The summed E-state index contributed by atoms with van der Waals surface area (Å²) in [6.45, 7) is 1.57. The molecule has 0 aliphatic heterocycles. The van der Waals surface area contributed by atoms with Gasteiger partial charge in [0, 0.05) is 5.56 Å². The van der Waals surface area contributed by atoms with Gasteiger partial charge in [0.05, 0.1) is 10.6 Å². The highest BCUT2D eigenvalue weighted by Gasteiger charge is 2.18. The van der Waals surface area contributed by atoms with Crippen LogP contribution in [0.15, 0.2) is 40.9 Å². The van der Waals surface area contributed by atoms with Crippen molar-refractivity contribution < 1.29 is 22.8 Å². The van der Waals surface area contributed by atoms with Gasteiger partial charge in [0.25, 0.3) is 5.89 Å². The smallest absolute Gasteiger partial charge is 0.340 e. The molecular weight excluding hydrogens is 354 g/mol. The van der Waals surface area contributed by atoms with Gasteiger partial charge in [-0.25, -0.2) is 13.6 Å². The Morgan fingerprint density at radius 1 is 1.24 bits per heavy atom. The summed E-state index contributed by atoms with van der Waals surface area (Å²) in [5.74, 6) is -2.86.